The number of carbonyl (C=O) groups is 1. The van der Waals surface area contributed by atoms with Gasteiger partial charge in [-0.2, -0.15) is 0 Å². The zero-order chi connectivity index (χ0) is 13.6. The summed E-state index contributed by atoms with van der Waals surface area (Å²) in [7, 11) is 1.60. The van der Waals surface area contributed by atoms with E-state index >= 15 is 0 Å². The smallest absolute Gasteiger partial charge is 0.336 e. The molecule has 18 heavy (non-hydrogen) atoms. The summed E-state index contributed by atoms with van der Waals surface area (Å²) in [6, 6.07) is 0. The Hall–Kier alpha value is -0.830. The van der Waals surface area contributed by atoms with Gasteiger partial charge in [0.2, 0.25) is 0 Å². The fraction of sp³-hybridized carbons (Fsp3) is 0.800. The molecule has 0 atom stereocenters. The van der Waals surface area contributed by atoms with Crippen molar-refractivity contribution in [2.75, 3.05) is 20.3 Å². The summed E-state index contributed by atoms with van der Waals surface area (Å²) in [5.41, 5.74) is 0.654. The minimum absolute atomic E-state index is 0.218. The van der Waals surface area contributed by atoms with E-state index in [2.05, 4.69) is 13.8 Å². The lowest BCUT2D eigenvalue weighted by molar-refractivity contribution is -0.139. The van der Waals surface area contributed by atoms with Gasteiger partial charge in [-0.1, -0.05) is 52.0 Å². The monoisotopic (exact) mass is 256 g/mol. The molecule has 0 aliphatic heterocycles. The van der Waals surface area contributed by atoms with E-state index in [1.165, 1.54) is 12.8 Å². The van der Waals surface area contributed by atoms with Crippen LogP contribution in [0.25, 0.3) is 0 Å². The van der Waals surface area contributed by atoms with Gasteiger partial charge in [-0.25, -0.2) is 4.79 Å². The van der Waals surface area contributed by atoms with Crippen LogP contribution in [0.4, 0.5) is 0 Å². The molecule has 0 spiro atoms. The highest BCUT2D eigenvalue weighted by molar-refractivity contribution is 5.88. The molecule has 0 aromatic rings. The van der Waals surface area contributed by atoms with Crippen molar-refractivity contribution < 1.29 is 14.3 Å². The Morgan fingerprint density at radius 1 is 1.06 bits per heavy atom. The second-order valence-corrected chi connectivity index (χ2v) is 4.50. The van der Waals surface area contributed by atoms with Crippen LogP contribution >= 0.6 is 0 Å². The average molecular weight is 256 g/mol. The van der Waals surface area contributed by atoms with Crippen LogP contribution in [0.2, 0.25) is 0 Å². The first-order chi connectivity index (χ1) is 8.76. The average Bonchev–Trinajstić information content (AvgIpc) is 2.37. The summed E-state index contributed by atoms with van der Waals surface area (Å²) in [6.07, 6.45) is 9.56. The Bertz CT molecular complexity index is 234. The number of rotatable bonds is 11. The molecular weight excluding hydrogens is 228 g/mol. The van der Waals surface area contributed by atoms with Gasteiger partial charge in [0.05, 0.1) is 18.8 Å². The molecule has 0 aromatic heterocycles. The van der Waals surface area contributed by atoms with Crippen molar-refractivity contribution >= 4 is 5.97 Å². The van der Waals surface area contributed by atoms with Crippen LogP contribution in [-0.2, 0) is 14.3 Å². The van der Waals surface area contributed by atoms with Crippen LogP contribution in [0.1, 0.15) is 58.8 Å². The van der Waals surface area contributed by atoms with Crippen molar-refractivity contribution in [3.05, 3.63) is 11.6 Å². The van der Waals surface area contributed by atoms with Crippen molar-refractivity contribution in [2.24, 2.45) is 0 Å². The topological polar surface area (TPSA) is 35.5 Å². The first kappa shape index (κ1) is 17.2. The number of carbonyl (C=O) groups excluding carboxylic acids is 1. The highest BCUT2D eigenvalue weighted by atomic mass is 16.5. The number of unbranched alkanes of at least 4 members (excludes halogenated alkanes) is 5. The molecule has 0 bridgehead atoms. The van der Waals surface area contributed by atoms with E-state index < -0.39 is 0 Å². The third kappa shape index (κ3) is 9.23. The maximum Gasteiger partial charge on any atom is 0.336 e. The number of ether oxygens (including phenoxy) is 2. The molecule has 0 saturated heterocycles. The molecular formula is C15H28O3. The van der Waals surface area contributed by atoms with E-state index in [0.717, 1.165) is 32.1 Å². The lowest BCUT2D eigenvalue weighted by Crippen LogP contribution is -2.13. The summed E-state index contributed by atoms with van der Waals surface area (Å²) in [4.78, 5) is 11.8. The molecule has 0 rings (SSSR count). The molecule has 0 saturated carbocycles. The number of hydrogen-bond acceptors (Lipinski definition) is 3. The van der Waals surface area contributed by atoms with Gasteiger partial charge in [-0.05, 0) is 12.8 Å². The number of methoxy groups -OCH3 is 1. The molecule has 0 fully saturated rings. The molecule has 0 heterocycles. The summed E-state index contributed by atoms with van der Waals surface area (Å²) < 4.78 is 10.3. The van der Waals surface area contributed by atoms with Gasteiger partial charge in [0.15, 0.2) is 0 Å². The Morgan fingerprint density at radius 2 is 1.78 bits per heavy atom. The maximum absolute atomic E-state index is 11.8. The number of allylic oxidation sites excluding steroid dienone is 1. The molecule has 0 amide bonds. The van der Waals surface area contributed by atoms with Gasteiger partial charge < -0.3 is 9.47 Å². The predicted octanol–water partition coefficient (Wildman–Crippen LogP) is 3.87. The Morgan fingerprint density at radius 3 is 2.39 bits per heavy atom. The van der Waals surface area contributed by atoms with Crippen LogP contribution in [-0.4, -0.2) is 26.3 Å². The highest BCUT2D eigenvalue weighted by Crippen LogP contribution is 2.06. The second kappa shape index (κ2) is 12.6. The third-order valence-corrected chi connectivity index (χ3v) is 2.74. The van der Waals surface area contributed by atoms with Crippen molar-refractivity contribution in [3.8, 4) is 0 Å². The van der Waals surface area contributed by atoms with Crippen LogP contribution in [0, 0.1) is 0 Å². The summed E-state index contributed by atoms with van der Waals surface area (Å²) in [5.74, 6) is -0.218. The van der Waals surface area contributed by atoms with E-state index in [-0.39, 0.29) is 5.97 Å². The van der Waals surface area contributed by atoms with E-state index in [9.17, 15) is 4.79 Å². The molecule has 0 radical (unpaired) electrons. The zero-order valence-corrected chi connectivity index (χ0v) is 12.2. The molecule has 0 aliphatic carbocycles. The second-order valence-electron chi connectivity index (χ2n) is 4.50. The lowest BCUT2D eigenvalue weighted by atomic mass is 10.2. The van der Waals surface area contributed by atoms with Gasteiger partial charge >= 0.3 is 5.97 Å². The Balaban J connectivity index is 3.94. The van der Waals surface area contributed by atoms with E-state index in [4.69, 9.17) is 9.47 Å². The number of esters is 1. The lowest BCUT2D eigenvalue weighted by Gasteiger charge is -2.07. The van der Waals surface area contributed by atoms with Crippen LogP contribution in [0.3, 0.4) is 0 Å². The summed E-state index contributed by atoms with van der Waals surface area (Å²) in [6.45, 7) is 5.17. The first-order valence-corrected chi connectivity index (χ1v) is 7.11. The largest absolute Gasteiger partial charge is 0.462 e. The third-order valence-electron chi connectivity index (χ3n) is 2.74. The predicted molar refractivity (Wildman–Crippen MR) is 74.6 cm³/mol. The van der Waals surface area contributed by atoms with Crippen LogP contribution < -0.4 is 0 Å². The van der Waals surface area contributed by atoms with Crippen molar-refractivity contribution in [1.82, 2.24) is 0 Å². The Labute approximate surface area is 112 Å². The van der Waals surface area contributed by atoms with Gasteiger partial charge in [0.25, 0.3) is 0 Å². The quantitative estimate of drug-likeness (QED) is 0.320. The summed E-state index contributed by atoms with van der Waals surface area (Å²) in [5, 5.41) is 0. The molecule has 3 heteroatoms. The molecule has 0 unspecified atom stereocenters. The van der Waals surface area contributed by atoms with E-state index in [1.54, 1.807) is 7.11 Å². The van der Waals surface area contributed by atoms with Gasteiger partial charge in [-0.3, -0.25) is 0 Å². The fourth-order valence-electron chi connectivity index (χ4n) is 1.62. The van der Waals surface area contributed by atoms with E-state index in [1.807, 2.05) is 6.08 Å². The van der Waals surface area contributed by atoms with Crippen LogP contribution in [0.5, 0.6) is 0 Å². The minimum atomic E-state index is -0.218. The molecule has 0 aliphatic rings. The van der Waals surface area contributed by atoms with Gasteiger partial charge in [0, 0.05) is 7.11 Å². The highest BCUT2D eigenvalue weighted by Gasteiger charge is 2.10. The molecule has 0 N–H and O–H groups in total. The Kier molecular flexibility index (Phi) is 12.0. The normalized spacial score (nSPS) is 11.6. The van der Waals surface area contributed by atoms with Crippen molar-refractivity contribution in [2.45, 2.75) is 58.8 Å². The van der Waals surface area contributed by atoms with Gasteiger partial charge in [-0.15, -0.1) is 0 Å². The van der Waals surface area contributed by atoms with Crippen molar-refractivity contribution in [3.63, 3.8) is 0 Å². The maximum atomic E-state index is 11.8. The molecule has 106 valence electrons. The molecule has 3 nitrogen and oxygen atoms in total. The minimum Gasteiger partial charge on any atom is -0.462 e. The van der Waals surface area contributed by atoms with Crippen LogP contribution in [0.15, 0.2) is 11.6 Å². The van der Waals surface area contributed by atoms with E-state index in [0.29, 0.717) is 18.8 Å². The fourth-order valence-corrected chi connectivity index (χ4v) is 1.62. The number of hydrogen-bond donors (Lipinski definition) is 0. The standard InChI is InChI=1S/C15H28O3/c1-4-6-8-10-12-18-15(16)14(13-17-3)11-9-7-5-2/h11H,4-10,12-13H2,1-3H3. The zero-order valence-electron chi connectivity index (χ0n) is 12.2. The van der Waals surface area contributed by atoms with Gasteiger partial charge in [0.1, 0.15) is 0 Å². The first-order valence-electron chi connectivity index (χ1n) is 7.11. The SMILES string of the molecule is CCCCC=C(COC)C(=O)OCCCCCC. The summed E-state index contributed by atoms with van der Waals surface area (Å²) >= 11 is 0. The molecule has 0 aromatic carbocycles. The van der Waals surface area contributed by atoms with Crippen molar-refractivity contribution in [1.29, 1.82) is 0 Å².